The Morgan fingerprint density at radius 3 is 2.64 bits per heavy atom. The summed E-state index contributed by atoms with van der Waals surface area (Å²) in [6, 6.07) is 15.0. The summed E-state index contributed by atoms with van der Waals surface area (Å²) in [6.07, 6.45) is 0.744. The number of ether oxygens (including phenoxy) is 1. The van der Waals surface area contributed by atoms with Gasteiger partial charge in [-0.3, -0.25) is 9.89 Å². The molecule has 1 aliphatic rings. The van der Waals surface area contributed by atoms with Crippen LogP contribution < -0.4 is 0 Å². The molecule has 0 saturated heterocycles. The average Bonchev–Trinajstić information content (AvgIpc) is 3.23. The second kappa shape index (κ2) is 7.48. The monoisotopic (exact) mass is 377 g/mol. The maximum Gasteiger partial charge on any atom is 0.273 e. The number of aromatic hydroxyl groups is 1. The van der Waals surface area contributed by atoms with Crippen molar-refractivity contribution in [1.29, 1.82) is 0 Å². The first-order valence-electron chi connectivity index (χ1n) is 9.35. The Kier molecular flexibility index (Phi) is 4.88. The molecule has 28 heavy (non-hydrogen) atoms. The fraction of sp³-hybridized carbons (Fsp3) is 0.273. The number of carbonyl (C=O) groups excluding carboxylic acids is 1. The van der Waals surface area contributed by atoms with Crippen LogP contribution in [0, 0.1) is 6.92 Å². The molecule has 0 saturated carbocycles. The van der Waals surface area contributed by atoms with Crippen LogP contribution in [0.5, 0.6) is 5.75 Å². The zero-order chi connectivity index (χ0) is 19.7. The minimum atomic E-state index is -0.256. The van der Waals surface area contributed by atoms with Crippen LogP contribution in [0.15, 0.2) is 48.5 Å². The Morgan fingerprint density at radius 1 is 1.18 bits per heavy atom. The Bertz CT molecular complexity index is 995. The summed E-state index contributed by atoms with van der Waals surface area (Å²) < 4.78 is 5.17. The molecule has 1 atom stereocenters. The molecule has 0 fully saturated rings. The van der Waals surface area contributed by atoms with Crippen molar-refractivity contribution in [3.8, 4) is 17.0 Å². The number of para-hydroxylation sites is 1. The highest BCUT2D eigenvalue weighted by molar-refractivity contribution is 6.00. The van der Waals surface area contributed by atoms with Crippen molar-refractivity contribution in [3.63, 3.8) is 0 Å². The van der Waals surface area contributed by atoms with Gasteiger partial charge in [0, 0.05) is 31.4 Å². The normalized spacial score (nSPS) is 15.9. The number of aromatic amines is 1. The van der Waals surface area contributed by atoms with Crippen LogP contribution in [0.25, 0.3) is 11.3 Å². The van der Waals surface area contributed by atoms with Crippen molar-refractivity contribution in [3.05, 3.63) is 70.9 Å². The second-order valence-electron chi connectivity index (χ2n) is 7.04. The van der Waals surface area contributed by atoms with Gasteiger partial charge in [-0.1, -0.05) is 42.0 Å². The zero-order valence-corrected chi connectivity index (χ0v) is 16.0. The maximum absolute atomic E-state index is 13.1. The van der Waals surface area contributed by atoms with Crippen LogP contribution in [-0.4, -0.2) is 46.4 Å². The molecule has 2 aromatic carbocycles. The number of rotatable bonds is 6. The molecule has 2 heterocycles. The predicted molar refractivity (Wildman–Crippen MR) is 106 cm³/mol. The minimum absolute atomic E-state index is 0.0779. The Morgan fingerprint density at radius 2 is 1.93 bits per heavy atom. The number of phenols is 1. The van der Waals surface area contributed by atoms with Crippen LogP contribution in [0.1, 0.15) is 39.6 Å². The average molecular weight is 377 g/mol. The number of nitrogens with zero attached hydrogens (tertiary/aromatic N) is 2. The van der Waals surface area contributed by atoms with Crippen LogP contribution in [-0.2, 0) is 4.74 Å². The molecular formula is C22H23N3O3. The van der Waals surface area contributed by atoms with E-state index in [0.29, 0.717) is 30.1 Å². The molecular weight excluding hydrogens is 354 g/mol. The number of amides is 1. The summed E-state index contributed by atoms with van der Waals surface area (Å²) >= 11 is 0. The molecule has 0 spiro atoms. The minimum Gasteiger partial charge on any atom is -0.507 e. The van der Waals surface area contributed by atoms with E-state index in [1.807, 2.05) is 48.2 Å². The molecule has 2 N–H and O–H groups in total. The molecule has 1 aromatic heterocycles. The van der Waals surface area contributed by atoms with Gasteiger partial charge in [0.05, 0.1) is 6.04 Å². The molecule has 0 aliphatic carbocycles. The third kappa shape index (κ3) is 3.05. The lowest BCUT2D eigenvalue weighted by molar-refractivity contribution is 0.0723. The number of aryl methyl sites for hydroxylation is 1. The Labute approximate surface area is 163 Å². The van der Waals surface area contributed by atoms with E-state index in [1.54, 1.807) is 19.2 Å². The standard InChI is InChI=1S/C22H23N3O3/c1-14-8-10-15(11-9-14)21-18-19(16-6-3-4-7-17(16)26)23-24-20(18)22(27)25(21)12-5-13-28-2/h3-4,6-11,21,26H,5,12-13H2,1-2H3,(H,23,24)/t21-/m1/s1. The van der Waals surface area contributed by atoms with Gasteiger partial charge in [0.2, 0.25) is 0 Å². The quantitative estimate of drug-likeness (QED) is 0.643. The summed E-state index contributed by atoms with van der Waals surface area (Å²) in [4.78, 5) is 15.0. The summed E-state index contributed by atoms with van der Waals surface area (Å²) in [6.45, 7) is 3.20. The van der Waals surface area contributed by atoms with Crippen LogP contribution in [0.4, 0.5) is 0 Å². The van der Waals surface area contributed by atoms with Crippen LogP contribution in [0.3, 0.4) is 0 Å². The third-order valence-electron chi connectivity index (χ3n) is 5.16. The van der Waals surface area contributed by atoms with Crippen LogP contribution >= 0.6 is 0 Å². The molecule has 6 heteroatoms. The highest BCUT2D eigenvalue weighted by Crippen LogP contribution is 2.44. The first kappa shape index (κ1) is 18.3. The molecule has 4 rings (SSSR count). The summed E-state index contributed by atoms with van der Waals surface area (Å²) in [7, 11) is 1.66. The Balaban J connectivity index is 1.83. The van der Waals surface area contributed by atoms with Gasteiger partial charge in [0.25, 0.3) is 5.91 Å². The van der Waals surface area contributed by atoms with Gasteiger partial charge in [-0.25, -0.2) is 0 Å². The Hall–Kier alpha value is -3.12. The van der Waals surface area contributed by atoms with E-state index in [9.17, 15) is 9.90 Å². The molecule has 1 aliphatic heterocycles. The molecule has 0 bridgehead atoms. The molecule has 0 unspecified atom stereocenters. The number of hydrogen-bond donors (Lipinski definition) is 2. The summed E-state index contributed by atoms with van der Waals surface area (Å²) in [5.74, 6) is 0.0654. The fourth-order valence-electron chi connectivity index (χ4n) is 3.78. The lowest BCUT2D eigenvalue weighted by Gasteiger charge is -2.26. The first-order valence-corrected chi connectivity index (χ1v) is 9.35. The van der Waals surface area contributed by atoms with Crippen LogP contribution in [0.2, 0.25) is 0 Å². The number of fused-ring (bicyclic) bond motifs is 1. The molecule has 0 radical (unpaired) electrons. The third-order valence-corrected chi connectivity index (χ3v) is 5.16. The maximum atomic E-state index is 13.1. The summed E-state index contributed by atoms with van der Waals surface area (Å²) in [5, 5.41) is 17.6. The number of benzene rings is 2. The van der Waals surface area contributed by atoms with Gasteiger partial charge in [0.15, 0.2) is 0 Å². The van der Waals surface area contributed by atoms with Crippen molar-refractivity contribution in [2.45, 2.75) is 19.4 Å². The largest absolute Gasteiger partial charge is 0.507 e. The van der Waals surface area contributed by atoms with Crippen molar-refractivity contribution in [2.24, 2.45) is 0 Å². The SMILES string of the molecule is COCCCN1C(=O)c2[nH]nc(-c3ccccc3O)c2[C@H]1c1ccc(C)cc1. The number of nitrogens with one attached hydrogen (secondary N) is 1. The highest BCUT2D eigenvalue weighted by atomic mass is 16.5. The lowest BCUT2D eigenvalue weighted by atomic mass is 9.95. The van der Waals surface area contributed by atoms with E-state index in [2.05, 4.69) is 10.2 Å². The molecule has 1 amide bonds. The van der Waals surface area contributed by atoms with E-state index in [1.165, 1.54) is 0 Å². The summed E-state index contributed by atoms with van der Waals surface area (Å²) in [5.41, 5.74) is 4.71. The van der Waals surface area contributed by atoms with Crippen molar-refractivity contribution < 1.29 is 14.6 Å². The van der Waals surface area contributed by atoms with Gasteiger partial charge in [-0.15, -0.1) is 0 Å². The smallest absolute Gasteiger partial charge is 0.273 e. The van der Waals surface area contributed by atoms with E-state index in [4.69, 9.17) is 4.74 Å². The zero-order valence-electron chi connectivity index (χ0n) is 16.0. The van der Waals surface area contributed by atoms with Gasteiger partial charge in [-0.2, -0.15) is 5.10 Å². The fourth-order valence-corrected chi connectivity index (χ4v) is 3.78. The van der Waals surface area contributed by atoms with E-state index < -0.39 is 0 Å². The lowest BCUT2D eigenvalue weighted by Crippen LogP contribution is -2.31. The number of aromatic nitrogens is 2. The number of H-pyrrole nitrogens is 1. The van der Waals surface area contributed by atoms with Gasteiger partial charge >= 0.3 is 0 Å². The topological polar surface area (TPSA) is 78.5 Å². The molecule has 144 valence electrons. The predicted octanol–water partition coefficient (Wildman–Crippen LogP) is 3.67. The molecule has 6 nitrogen and oxygen atoms in total. The molecule has 3 aromatic rings. The van der Waals surface area contributed by atoms with Gasteiger partial charge in [-0.05, 0) is 31.0 Å². The van der Waals surface area contributed by atoms with Crippen molar-refractivity contribution >= 4 is 5.91 Å². The number of phenolic OH excluding ortho intramolecular Hbond substituents is 1. The second-order valence-corrected chi connectivity index (χ2v) is 7.04. The van der Waals surface area contributed by atoms with Crippen molar-refractivity contribution in [2.75, 3.05) is 20.3 Å². The van der Waals surface area contributed by atoms with Gasteiger partial charge in [0.1, 0.15) is 17.1 Å². The highest BCUT2D eigenvalue weighted by Gasteiger charge is 2.42. The first-order chi connectivity index (χ1) is 13.6. The number of carbonyl (C=O) groups is 1. The van der Waals surface area contributed by atoms with E-state index in [0.717, 1.165) is 23.1 Å². The van der Waals surface area contributed by atoms with E-state index >= 15 is 0 Å². The number of hydrogen-bond acceptors (Lipinski definition) is 4. The van der Waals surface area contributed by atoms with Crippen molar-refractivity contribution in [1.82, 2.24) is 15.1 Å². The number of methoxy groups -OCH3 is 1. The van der Waals surface area contributed by atoms with Gasteiger partial charge < -0.3 is 14.7 Å². The van der Waals surface area contributed by atoms with E-state index in [-0.39, 0.29) is 17.7 Å².